The van der Waals surface area contributed by atoms with Crippen LogP contribution in [0.4, 0.5) is 17.3 Å². The number of nitrogens with one attached hydrogen (secondary N) is 2. The van der Waals surface area contributed by atoms with Crippen LogP contribution in [0.5, 0.6) is 0 Å². The molecule has 110 valence electrons. The first-order chi connectivity index (χ1) is 9.69. The van der Waals surface area contributed by atoms with Gasteiger partial charge in [0.25, 0.3) is 5.69 Å². The van der Waals surface area contributed by atoms with E-state index in [0.29, 0.717) is 11.6 Å². The van der Waals surface area contributed by atoms with Gasteiger partial charge in [0.1, 0.15) is 11.6 Å². The molecule has 0 aliphatic carbocycles. The molecule has 1 fully saturated rings. The number of hydrogen-bond donors (Lipinski definition) is 2. The molecule has 2 heterocycles. The molecule has 0 aromatic carbocycles. The Morgan fingerprint density at radius 1 is 1.35 bits per heavy atom. The van der Waals surface area contributed by atoms with Crippen LogP contribution in [0.25, 0.3) is 0 Å². The zero-order valence-corrected chi connectivity index (χ0v) is 11.8. The molecular weight excluding hydrogens is 258 g/mol. The molecule has 1 aliphatic heterocycles. The van der Waals surface area contributed by atoms with Gasteiger partial charge in [0, 0.05) is 13.6 Å². The van der Waals surface area contributed by atoms with Gasteiger partial charge in [0.05, 0.1) is 17.1 Å². The van der Waals surface area contributed by atoms with Crippen molar-refractivity contribution >= 4 is 17.3 Å². The smallest absolute Gasteiger partial charge is 0.276 e. The fraction of sp³-hybridized carbons (Fsp3) is 0.615. The molecule has 0 radical (unpaired) electrons. The summed E-state index contributed by atoms with van der Waals surface area (Å²) >= 11 is 0. The normalized spacial score (nSPS) is 15.2. The molecule has 0 saturated carbocycles. The highest BCUT2D eigenvalue weighted by atomic mass is 16.6. The molecule has 0 unspecified atom stereocenters. The van der Waals surface area contributed by atoms with Crippen molar-refractivity contribution < 1.29 is 4.92 Å². The Morgan fingerprint density at radius 2 is 2.05 bits per heavy atom. The maximum absolute atomic E-state index is 10.8. The SMILES string of the molecule is CNc1cc([N+](=O)[O-])cc(NCCCN2CCCC2)n1. The third-order valence-corrected chi connectivity index (χ3v) is 3.43. The van der Waals surface area contributed by atoms with Crippen LogP contribution in [-0.4, -0.2) is 48.0 Å². The van der Waals surface area contributed by atoms with Crippen LogP contribution in [0.2, 0.25) is 0 Å². The van der Waals surface area contributed by atoms with Crippen molar-refractivity contribution in [1.29, 1.82) is 0 Å². The summed E-state index contributed by atoms with van der Waals surface area (Å²) in [5.41, 5.74) is 0.0476. The van der Waals surface area contributed by atoms with E-state index in [1.807, 2.05) is 0 Å². The van der Waals surface area contributed by atoms with E-state index in [0.717, 1.165) is 19.5 Å². The fourth-order valence-corrected chi connectivity index (χ4v) is 2.37. The van der Waals surface area contributed by atoms with E-state index >= 15 is 0 Å². The van der Waals surface area contributed by atoms with E-state index in [9.17, 15) is 10.1 Å². The lowest BCUT2D eigenvalue weighted by Crippen LogP contribution is -2.22. The first-order valence-electron chi connectivity index (χ1n) is 6.99. The predicted molar refractivity (Wildman–Crippen MR) is 79.2 cm³/mol. The van der Waals surface area contributed by atoms with Gasteiger partial charge in [-0.05, 0) is 38.9 Å². The number of nitrogens with zero attached hydrogens (tertiary/aromatic N) is 3. The van der Waals surface area contributed by atoms with Gasteiger partial charge in [0.15, 0.2) is 0 Å². The number of rotatable bonds is 7. The summed E-state index contributed by atoms with van der Waals surface area (Å²) in [7, 11) is 1.70. The minimum Gasteiger partial charge on any atom is -0.373 e. The maximum Gasteiger partial charge on any atom is 0.276 e. The van der Waals surface area contributed by atoms with Crippen LogP contribution in [0, 0.1) is 10.1 Å². The van der Waals surface area contributed by atoms with Crippen molar-refractivity contribution in [3.63, 3.8) is 0 Å². The molecule has 1 aliphatic rings. The van der Waals surface area contributed by atoms with Crippen molar-refractivity contribution in [2.24, 2.45) is 0 Å². The van der Waals surface area contributed by atoms with Gasteiger partial charge in [-0.3, -0.25) is 10.1 Å². The first-order valence-corrected chi connectivity index (χ1v) is 6.99. The summed E-state index contributed by atoms with van der Waals surface area (Å²) in [6.45, 7) is 4.23. The molecule has 1 saturated heterocycles. The topological polar surface area (TPSA) is 83.3 Å². The maximum atomic E-state index is 10.8. The van der Waals surface area contributed by atoms with Crippen molar-refractivity contribution in [1.82, 2.24) is 9.88 Å². The van der Waals surface area contributed by atoms with Crippen molar-refractivity contribution in [3.8, 4) is 0 Å². The van der Waals surface area contributed by atoms with Crippen LogP contribution in [0.15, 0.2) is 12.1 Å². The van der Waals surface area contributed by atoms with Gasteiger partial charge >= 0.3 is 0 Å². The quantitative estimate of drug-likeness (QED) is 0.451. The highest BCUT2D eigenvalue weighted by Crippen LogP contribution is 2.20. The Kier molecular flexibility index (Phi) is 5.11. The third kappa shape index (κ3) is 4.06. The van der Waals surface area contributed by atoms with E-state index in [-0.39, 0.29) is 5.69 Å². The minimum atomic E-state index is -0.405. The molecule has 1 aromatic rings. The number of anilines is 2. The fourth-order valence-electron chi connectivity index (χ4n) is 2.37. The largest absolute Gasteiger partial charge is 0.373 e. The predicted octanol–water partition coefficient (Wildman–Crippen LogP) is 1.93. The zero-order valence-electron chi connectivity index (χ0n) is 11.8. The molecule has 7 nitrogen and oxygen atoms in total. The number of aromatic nitrogens is 1. The molecular formula is C13H21N5O2. The van der Waals surface area contributed by atoms with Gasteiger partial charge in [-0.1, -0.05) is 0 Å². The van der Waals surface area contributed by atoms with Crippen molar-refractivity contribution in [2.45, 2.75) is 19.3 Å². The van der Waals surface area contributed by atoms with Gasteiger partial charge in [-0.15, -0.1) is 0 Å². The van der Waals surface area contributed by atoms with E-state index in [1.165, 1.54) is 38.1 Å². The summed E-state index contributed by atoms with van der Waals surface area (Å²) in [6.07, 6.45) is 3.61. The molecule has 1 aromatic heterocycles. The molecule has 0 amide bonds. The van der Waals surface area contributed by atoms with Crippen LogP contribution < -0.4 is 10.6 Å². The van der Waals surface area contributed by atoms with Gasteiger partial charge in [0.2, 0.25) is 0 Å². The monoisotopic (exact) mass is 279 g/mol. The zero-order chi connectivity index (χ0) is 14.4. The first kappa shape index (κ1) is 14.5. The molecule has 2 N–H and O–H groups in total. The summed E-state index contributed by atoms with van der Waals surface area (Å²) in [5.74, 6) is 1.05. The van der Waals surface area contributed by atoms with Crippen LogP contribution in [-0.2, 0) is 0 Å². The number of likely N-dealkylation sites (tertiary alicyclic amines) is 1. The average molecular weight is 279 g/mol. The highest BCUT2D eigenvalue weighted by molar-refractivity contribution is 5.54. The van der Waals surface area contributed by atoms with Gasteiger partial charge < -0.3 is 15.5 Å². The summed E-state index contributed by atoms with van der Waals surface area (Å²) < 4.78 is 0. The molecule has 20 heavy (non-hydrogen) atoms. The molecule has 2 rings (SSSR count). The van der Waals surface area contributed by atoms with Gasteiger partial charge in [-0.2, -0.15) is 0 Å². The van der Waals surface area contributed by atoms with E-state index < -0.39 is 4.92 Å². The van der Waals surface area contributed by atoms with Crippen molar-refractivity contribution in [3.05, 3.63) is 22.2 Å². The Balaban J connectivity index is 1.84. The second kappa shape index (κ2) is 7.04. The van der Waals surface area contributed by atoms with Crippen molar-refractivity contribution in [2.75, 3.05) is 43.9 Å². The number of nitro groups is 1. The lowest BCUT2D eigenvalue weighted by atomic mass is 10.3. The summed E-state index contributed by atoms with van der Waals surface area (Å²) in [6, 6.07) is 2.89. The Hall–Kier alpha value is -1.89. The second-order valence-corrected chi connectivity index (χ2v) is 4.93. The molecule has 0 spiro atoms. The number of pyridine rings is 1. The lowest BCUT2D eigenvalue weighted by Gasteiger charge is -2.14. The van der Waals surface area contributed by atoms with Crippen LogP contribution in [0.3, 0.4) is 0 Å². The van der Waals surface area contributed by atoms with Crippen LogP contribution >= 0.6 is 0 Å². The number of hydrogen-bond acceptors (Lipinski definition) is 6. The molecule has 0 atom stereocenters. The Morgan fingerprint density at radius 3 is 2.70 bits per heavy atom. The Labute approximate surface area is 118 Å². The lowest BCUT2D eigenvalue weighted by molar-refractivity contribution is -0.384. The average Bonchev–Trinajstić information content (AvgIpc) is 2.96. The molecule has 7 heteroatoms. The summed E-state index contributed by atoms with van der Waals surface area (Å²) in [4.78, 5) is 17.1. The van der Waals surface area contributed by atoms with Gasteiger partial charge in [-0.25, -0.2) is 4.98 Å². The third-order valence-electron chi connectivity index (χ3n) is 3.43. The second-order valence-electron chi connectivity index (χ2n) is 4.93. The summed E-state index contributed by atoms with van der Waals surface area (Å²) in [5, 5.41) is 16.8. The van der Waals surface area contributed by atoms with E-state index in [1.54, 1.807) is 7.05 Å². The van der Waals surface area contributed by atoms with Crippen LogP contribution in [0.1, 0.15) is 19.3 Å². The highest BCUT2D eigenvalue weighted by Gasteiger charge is 2.12. The minimum absolute atomic E-state index is 0.0476. The van der Waals surface area contributed by atoms with E-state index in [4.69, 9.17) is 0 Å². The molecule has 0 bridgehead atoms. The Bertz CT molecular complexity index is 460. The van der Waals surface area contributed by atoms with E-state index in [2.05, 4.69) is 20.5 Å². The standard InChI is InChI=1S/C13H21N5O2/c1-14-12-9-11(18(19)20)10-13(16-12)15-5-4-8-17-6-2-3-7-17/h9-10H,2-8H2,1H3,(H2,14,15,16).